The number of aryl methyl sites for hydroxylation is 3. The monoisotopic (exact) mass is 279 g/mol. The Balaban J connectivity index is 2.32. The van der Waals surface area contributed by atoms with E-state index in [-0.39, 0.29) is 6.04 Å². The van der Waals surface area contributed by atoms with Crippen LogP contribution in [-0.4, -0.2) is 14.8 Å². The molecule has 0 aliphatic rings. The largest absolute Gasteiger partial charge is 0.271 e. The Morgan fingerprint density at radius 3 is 2.74 bits per heavy atom. The number of rotatable bonds is 4. The number of nitrogens with zero attached hydrogens (tertiary/aromatic N) is 3. The van der Waals surface area contributed by atoms with Crippen molar-refractivity contribution >= 4 is 11.6 Å². The van der Waals surface area contributed by atoms with Crippen LogP contribution in [0.5, 0.6) is 0 Å². The average molecular weight is 280 g/mol. The van der Waals surface area contributed by atoms with Crippen LogP contribution in [0.15, 0.2) is 18.5 Å². The maximum atomic E-state index is 6.26. The van der Waals surface area contributed by atoms with E-state index in [2.05, 4.69) is 15.5 Å². The van der Waals surface area contributed by atoms with Gasteiger partial charge in [-0.25, -0.2) is 0 Å². The van der Waals surface area contributed by atoms with Crippen LogP contribution in [0.1, 0.15) is 28.4 Å². The molecule has 0 aliphatic heterocycles. The van der Waals surface area contributed by atoms with E-state index in [1.165, 1.54) is 0 Å². The van der Waals surface area contributed by atoms with Gasteiger partial charge in [-0.3, -0.25) is 20.9 Å². The zero-order valence-corrected chi connectivity index (χ0v) is 12.1. The second kappa shape index (κ2) is 5.69. The standard InChI is InChI=1S/C13H18ClN5/c1-8-7-16-5-4-10(8)12(17-15)6-11-9(2)18-19(3)13(11)14/h4-5,7,12,17H,6,15H2,1-3H3. The Morgan fingerprint density at radius 2 is 2.21 bits per heavy atom. The molecule has 0 spiro atoms. The first-order valence-corrected chi connectivity index (χ1v) is 6.47. The summed E-state index contributed by atoms with van der Waals surface area (Å²) in [6, 6.07) is 1.96. The predicted molar refractivity (Wildman–Crippen MR) is 75.7 cm³/mol. The molecule has 0 aliphatic carbocycles. The SMILES string of the molecule is Cc1cnccc1C(Cc1c(C)nn(C)c1Cl)NN. The fourth-order valence-electron chi connectivity index (χ4n) is 2.24. The summed E-state index contributed by atoms with van der Waals surface area (Å²) in [4.78, 5) is 4.10. The molecule has 0 bridgehead atoms. The summed E-state index contributed by atoms with van der Waals surface area (Å²) < 4.78 is 1.68. The van der Waals surface area contributed by atoms with Gasteiger partial charge in [-0.1, -0.05) is 11.6 Å². The summed E-state index contributed by atoms with van der Waals surface area (Å²) in [5.41, 5.74) is 7.02. The minimum Gasteiger partial charge on any atom is -0.271 e. The number of pyridine rings is 1. The third kappa shape index (κ3) is 2.78. The predicted octanol–water partition coefficient (Wildman–Crippen LogP) is 1.83. The molecule has 2 aromatic rings. The molecule has 0 radical (unpaired) electrons. The zero-order valence-electron chi connectivity index (χ0n) is 11.3. The number of nitrogens with two attached hydrogens (primary N) is 1. The second-order valence-electron chi connectivity index (χ2n) is 4.63. The number of aromatic nitrogens is 3. The molecule has 19 heavy (non-hydrogen) atoms. The summed E-state index contributed by atoms with van der Waals surface area (Å²) in [6.45, 7) is 3.97. The van der Waals surface area contributed by atoms with Gasteiger partial charge in [0.05, 0.1) is 11.7 Å². The van der Waals surface area contributed by atoms with Gasteiger partial charge in [-0.05, 0) is 37.5 Å². The Labute approximate surface area is 117 Å². The van der Waals surface area contributed by atoms with Crippen molar-refractivity contribution in [2.75, 3.05) is 0 Å². The molecular weight excluding hydrogens is 262 g/mol. The average Bonchev–Trinajstić information content (AvgIpc) is 2.63. The van der Waals surface area contributed by atoms with Gasteiger partial charge >= 0.3 is 0 Å². The molecule has 0 saturated heterocycles. The number of nitrogens with one attached hydrogen (secondary N) is 1. The number of hydrazine groups is 1. The van der Waals surface area contributed by atoms with Crippen LogP contribution in [0.2, 0.25) is 5.15 Å². The van der Waals surface area contributed by atoms with Crippen molar-refractivity contribution in [3.63, 3.8) is 0 Å². The molecule has 1 unspecified atom stereocenters. The zero-order chi connectivity index (χ0) is 14.0. The van der Waals surface area contributed by atoms with Gasteiger partial charge < -0.3 is 0 Å². The molecule has 5 nitrogen and oxygen atoms in total. The van der Waals surface area contributed by atoms with Crippen molar-refractivity contribution in [2.24, 2.45) is 12.9 Å². The second-order valence-corrected chi connectivity index (χ2v) is 4.99. The molecule has 2 aromatic heterocycles. The quantitative estimate of drug-likeness (QED) is 0.662. The Morgan fingerprint density at radius 1 is 1.47 bits per heavy atom. The fourth-order valence-corrected chi connectivity index (χ4v) is 2.50. The Kier molecular flexibility index (Phi) is 4.19. The third-order valence-electron chi connectivity index (χ3n) is 3.32. The summed E-state index contributed by atoms with van der Waals surface area (Å²) in [5.74, 6) is 5.69. The van der Waals surface area contributed by atoms with Gasteiger partial charge in [-0.2, -0.15) is 5.10 Å². The van der Waals surface area contributed by atoms with Crippen molar-refractivity contribution in [1.29, 1.82) is 0 Å². The molecule has 0 fully saturated rings. The minimum atomic E-state index is -0.0107. The van der Waals surface area contributed by atoms with Crippen LogP contribution in [-0.2, 0) is 13.5 Å². The van der Waals surface area contributed by atoms with Crippen LogP contribution in [0.25, 0.3) is 0 Å². The van der Waals surface area contributed by atoms with Gasteiger partial charge in [0.15, 0.2) is 0 Å². The highest BCUT2D eigenvalue weighted by Gasteiger charge is 2.18. The summed E-state index contributed by atoms with van der Waals surface area (Å²) >= 11 is 6.26. The van der Waals surface area contributed by atoms with E-state index in [0.29, 0.717) is 11.6 Å². The lowest BCUT2D eigenvalue weighted by Gasteiger charge is -2.18. The van der Waals surface area contributed by atoms with Crippen LogP contribution >= 0.6 is 11.6 Å². The first-order chi connectivity index (χ1) is 9.04. The van der Waals surface area contributed by atoms with E-state index in [1.807, 2.05) is 33.2 Å². The van der Waals surface area contributed by atoms with E-state index in [1.54, 1.807) is 10.9 Å². The van der Waals surface area contributed by atoms with Gasteiger partial charge in [0.25, 0.3) is 0 Å². The highest BCUT2D eigenvalue weighted by Crippen LogP contribution is 2.26. The molecule has 3 N–H and O–H groups in total. The van der Waals surface area contributed by atoms with E-state index in [0.717, 1.165) is 22.4 Å². The minimum absolute atomic E-state index is 0.0107. The van der Waals surface area contributed by atoms with Crippen molar-refractivity contribution in [2.45, 2.75) is 26.3 Å². The lowest BCUT2D eigenvalue weighted by atomic mass is 9.97. The Bertz CT molecular complexity index is 578. The molecule has 0 saturated carbocycles. The van der Waals surface area contributed by atoms with Gasteiger partial charge in [0.2, 0.25) is 0 Å². The maximum absolute atomic E-state index is 6.26. The van der Waals surface area contributed by atoms with Crippen molar-refractivity contribution in [3.05, 3.63) is 46.0 Å². The Hall–Kier alpha value is -1.43. The number of hydrogen-bond acceptors (Lipinski definition) is 4. The van der Waals surface area contributed by atoms with Crippen molar-refractivity contribution in [3.8, 4) is 0 Å². The number of hydrogen-bond donors (Lipinski definition) is 2. The summed E-state index contributed by atoms with van der Waals surface area (Å²) in [5, 5.41) is 4.97. The van der Waals surface area contributed by atoms with Crippen LogP contribution in [0.4, 0.5) is 0 Å². The molecule has 6 heteroatoms. The van der Waals surface area contributed by atoms with E-state index >= 15 is 0 Å². The van der Waals surface area contributed by atoms with Crippen molar-refractivity contribution < 1.29 is 0 Å². The van der Waals surface area contributed by atoms with Crippen LogP contribution in [0.3, 0.4) is 0 Å². The van der Waals surface area contributed by atoms with E-state index < -0.39 is 0 Å². The number of halogens is 1. The molecule has 0 amide bonds. The highest BCUT2D eigenvalue weighted by molar-refractivity contribution is 6.30. The van der Waals surface area contributed by atoms with Gasteiger partial charge in [-0.15, -0.1) is 0 Å². The van der Waals surface area contributed by atoms with Crippen LogP contribution in [0, 0.1) is 13.8 Å². The van der Waals surface area contributed by atoms with Gasteiger partial charge in [0, 0.05) is 25.0 Å². The first kappa shape index (κ1) is 14.0. The van der Waals surface area contributed by atoms with Gasteiger partial charge in [0.1, 0.15) is 5.15 Å². The molecule has 2 heterocycles. The third-order valence-corrected chi connectivity index (χ3v) is 3.79. The normalized spacial score (nSPS) is 12.7. The lowest BCUT2D eigenvalue weighted by Crippen LogP contribution is -2.30. The molecule has 0 aromatic carbocycles. The first-order valence-electron chi connectivity index (χ1n) is 6.09. The topological polar surface area (TPSA) is 68.8 Å². The van der Waals surface area contributed by atoms with Crippen molar-refractivity contribution in [1.82, 2.24) is 20.2 Å². The fraction of sp³-hybridized carbons (Fsp3) is 0.385. The molecule has 1 atom stereocenters. The molecular formula is C13H18ClN5. The molecule has 102 valence electrons. The maximum Gasteiger partial charge on any atom is 0.130 e. The summed E-state index contributed by atoms with van der Waals surface area (Å²) in [7, 11) is 1.83. The lowest BCUT2D eigenvalue weighted by molar-refractivity contribution is 0.547. The smallest absolute Gasteiger partial charge is 0.130 e. The van der Waals surface area contributed by atoms with E-state index in [9.17, 15) is 0 Å². The summed E-state index contributed by atoms with van der Waals surface area (Å²) in [6.07, 6.45) is 4.29. The van der Waals surface area contributed by atoms with E-state index in [4.69, 9.17) is 17.4 Å². The van der Waals surface area contributed by atoms with Crippen LogP contribution < -0.4 is 11.3 Å². The molecule has 2 rings (SSSR count). The highest BCUT2D eigenvalue weighted by atomic mass is 35.5.